The van der Waals surface area contributed by atoms with E-state index in [-0.39, 0.29) is 5.56 Å². The average Bonchev–Trinajstić information content (AvgIpc) is 2.87. The predicted molar refractivity (Wildman–Crippen MR) is 74.9 cm³/mol. The molecule has 0 bridgehead atoms. The Bertz CT molecular complexity index is 723. The highest BCUT2D eigenvalue weighted by atomic mass is 79.9. The maximum absolute atomic E-state index is 11.8. The van der Waals surface area contributed by atoms with Gasteiger partial charge in [0.05, 0.1) is 0 Å². The minimum atomic E-state index is -0.391. The molecule has 0 atom stereocenters. The Morgan fingerprint density at radius 3 is 2.56 bits per heavy atom. The van der Waals surface area contributed by atoms with Gasteiger partial charge < -0.3 is 0 Å². The molecule has 2 heterocycles. The zero-order chi connectivity index (χ0) is 13.3. The largest absolute Gasteiger partial charge is 0.331 e. The van der Waals surface area contributed by atoms with E-state index >= 15 is 0 Å². The Labute approximate surface area is 116 Å². The van der Waals surface area contributed by atoms with Crippen molar-refractivity contribution in [2.45, 2.75) is 0 Å². The number of aromatic nitrogens is 2. The van der Waals surface area contributed by atoms with Gasteiger partial charge in [0.1, 0.15) is 10.2 Å². The summed E-state index contributed by atoms with van der Waals surface area (Å²) in [6.45, 7) is 0. The van der Waals surface area contributed by atoms with Crippen molar-refractivity contribution in [3.8, 4) is 11.8 Å². The van der Waals surface area contributed by atoms with Crippen molar-refractivity contribution in [1.29, 1.82) is 0 Å². The van der Waals surface area contributed by atoms with Gasteiger partial charge in [-0.15, -0.1) is 0 Å². The molecule has 6 heteroatoms. The Morgan fingerprint density at radius 2 is 1.94 bits per heavy atom. The van der Waals surface area contributed by atoms with Gasteiger partial charge in [-0.25, -0.2) is 4.79 Å². The number of nitrogens with zero attached hydrogens (tertiary/aromatic N) is 2. The summed E-state index contributed by atoms with van der Waals surface area (Å²) >= 11 is 4.73. The second kappa shape index (κ2) is 4.96. The third-order valence-electron chi connectivity index (χ3n) is 2.46. The van der Waals surface area contributed by atoms with E-state index in [9.17, 15) is 9.59 Å². The third-order valence-corrected chi connectivity index (χ3v) is 3.85. The van der Waals surface area contributed by atoms with Crippen LogP contribution >= 0.6 is 27.3 Å². The van der Waals surface area contributed by atoms with Crippen LogP contribution in [0, 0.1) is 11.8 Å². The lowest BCUT2D eigenvalue weighted by Crippen LogP contribution is -2.38. The van der Waals surface area contributed by atoms with E-state index < -0.39 is 5.69 Å². The smallest absolute Gasteiger partial charge is 0.288 e. The fourth-order valence-corrected chi connectivity index (χ4v) is 2.63. The van der Waals surface area contributed by atoms with Gasteiger partial charge in [0.2, 0.25) is 0 Å². The summed E-state index contributed by atoms with van der Waals surface area (Å²) in [5.41, 5.74) is 0.472. The van der Waals surface area contributed by atoms with Crippen LogP contribution in [0.4, 0.5) is 0 Å². The summed E-state index contributed by atoms with van der Waals surface area (Å²) in [5, 5.41) is 3.82. The van der Waals surface area contributed by atoms with Gasteiger partial charge in [0.15, 0.2) is 0 Å². The molecule has 2 aromatic heterocycles. The fourth-order valence-electron chi connectivity index (χ4n) is 1.41. The summed E-state index contributed by atoms with van der Waals surface area (Å²) in [7, 11) is 3.02. The topological polar surface area (TPSA) is 44.0 Å². The Kier molecular flexibility index (Phi) is 3.55. The second-order valence-electron chi connectivity index (χ2n) is 3.63. The van der Waals surface area contributed by atoms with Crippen molar-refractivity contribution in [3.63, 3.8) is 0 Å². The van der Waals surface area contributed by atoms with Crippen molar-refractivity contribution in [1.82, 2.24) is 9.13 Å². The quantitative estimate of drug-likeness (QED) is 0.686. The van der Waals surface area contributed by atoms with E-state index in [1.165, 1.54) is 11.6 Å². The minimum absolute atomic E-state index is 0.301. The van der Waals surface area contributed by atoms with Crippen LogP contribution in [0.15, 0.2) is 30.9 Å². The monoisotopic (exact) mass is 324 g/mol. The van der Waals surface area contributed by atoms with Gasteiger partial charge in [0.25, 0.3) is 5.56 Å². The Hall–Kier alpha value is -1.58. The lowest BCUT2D eigenvalue weighted by molar-refractivity contribution is 0.673. The average molecular weight is 325 g/mol. The molecule has 0 aliphatic carbocycles. The first-order valence-corrected chi connectivity index (χ1v) is 6.75. The molecule has 2 rings (SSSR count). The molecule has 18 heavy (non-hydrogen) atoms. The number of halogens is 1. The molecule has 0 spiro atoms. The molecule has 0 aliphatic rings. The van der Waals surface area contributed by atoms with Crippen molar-refractivity contribution in [3.05, 3.63) is 53.4 Å². The number of rotatable bonds is 0. The van der Waals surface area contributed by atoms with Crippen LogP contribution in [0.1, 0.15) is 11.3 Å². The standard InChI is InChI=1S/C12H9BrN2O2S/c1-14-9(4-3-8-5-6-18-7-8)10(13)11(16)15(2)12(14)17/h5-7H,1-2H3. The maximum atomic E-state index is 11.8. The number of hydrogen-bond acceptors (Lipinski definition) is 3. The first kappa shape index (κ1) is 12.9. The summed E-state index contributed by atoms with van der Waals surface area (Å²) in [5.74, 6) is 5.77. The van der Waals surface area contributed by atoms with Crippen molar-refractivity contribution < 1.29 is 0 Å². The number of thiophene rings is 1. The molecular formula is C12H9BrN2O2S. The Morgan fingerprint density at radius 1 is 1.22 bits per heavy atom. The molecule has 4 nitrogen and oxygen atoms in total. The molecule has 92 valence electrons. The van der Waals surface area contributed by atoms with Crippen LogP contribution in [0.25, 0.3) is 0 Å². The number of hydrogen-bond donors (Lipinski definition) is 0. The van der Waals surface area contributed by atoms with E-state index in [2.05, 4.69) is 27.8 Å². The van der Waals surface area contributed by atoms with Crippen LogP contribution in [-0.2, 0) is 14.1 Å². The first-order valence-electron chi connectivity index (χ1n) is 5.02. The zero-order valence-electron chi connectivity index (χ0n) is 9.73. The lowest BCUT2D eigenvalue weighted by atomic mass is 10.3. The van der Waals surface area contributed by atoms with Crippen LogP contribution in [0.3, 0.4) is 0 Å². The molecule has 0 saturated heterocycles. The molecular weight excluding hydrogens is 316 g/mol. The highest BCUT2D eigenvalue weighted by Gasteiger charge is 2.10. The molecule has 0 aliphatic heterocycles. The lowest BCUT2D eigenvalue weighted by Gasteiger charge is -2.06. The normalized spacial score (nSPS) is 9.94. The van der Waals surface area contributed by atoms with Gasteiger partial charge in [-0.2, -0.15) is 11.3 Å². The first-order chi connectivity index (χ1) is 8.52. The van der Waals surface area contributed by atoms with Crippen molar-refractivity contribution in [2.24, 2.45) is 14.1 Å². The second-order valence-corrected chi connectivity index (χ2v) is 5.20. The summed E-state index contributed by atoms with van der Waals surface area (Å²) in [4.78, 5) is 23.5. The molecule has 0 radical (unpaired) electrons. The van der Waals surface area contributed by atoms with Gasteiger partial charge in [-0.3, -0.25) is 13.9 Å². The van der Waals surface area contributed by atoms with Crippen molar-refractivity contribution in [2.75, 3.05) is 0 Å². The van der Waals surface area contributed by atoms with Gasteiger partial charge >= 0.3 is 5.69 Å². The van der Waals surface area contributed by atoms with Gasteiger partial charge in [-0.1, -0.05) is 5.92 Å². The van der Waals surface area contributed by atoms with Gasteiger partial charge in [0, 0.05) is 25.0 Å². The fraction of sp³-hybridized carbons (Fsp3) is 0.167. The maximum Gasteiger partial charge on any atom is 0.331 e. The molecule has 0 fully saturated rings. The van der Waals surface area contributed by atoms with Crippen LogP contribution < -0.4 is 11.2 Å². The third kappa shape index (κ3) is 2.19. The van der Waals surface area contributed by atoms with Crippen molar-refractivity contribution >= 4 is 27.3 Å². The van der Waals surface area contributed by atoms with Crippen LogP contribution in [-0.4, -0.2) is 9.13 Å². The highest BCUT2D eigenvalue weighted by Crippen LogP contribution is 2.09. The molecule has 0 unspecified atom stereocenters. The van der Waals surface area contributed by atoms with Crippen LogP contribution in [0.2, 0.25) is 0 Å². The Balaban J connectivity index is 2.66. The minimum Gasteiger partial charge on any atom is -0.288 e. The predicted octanol–water partition coefficient (Wildman–Crippen LogP) is 1.31. The highest BCUT2D eigenvalue weighted by molar-refractivity contribution is 9.10. The summed E-state index contributed by atoms with van der Waals surface area (Å²) in [6, 6.07) is 1.88. The van der Waals surface area contributed by atoms with E-state index in [0.717, 1.165) is 10.1 Å². The molecule has 0 N–H and O–H groups in total. The molecule has 0 amide bonds. The summed E-state index contributed by atoms with van der Waals surface area (Å²) < 4.78 is 2.69. The van der Waals surface area contributed by atoms with Crippen LogP contribution in [0.5, 0.6) is 0 Å². The zero-order valence-corrected chi connectivity index (χ0v) is 12.1. The molecule has 0 saturated carbocycles. The van der Waals surface area contributed by atoms with E-state index in [0.29, 0.717) is 10.2 Å². The van der Waals surface area contributed by atoms with E-state index in [4.69, 9.17) is 0 Å². The van der Waals surface area contributed by atoms with E-state index in [1.54, 1.807) is 18.4 Å². The molecule has 2 aromatic rings. The summed E-state index contributed by atoms with van der Waals surface area (Å²) in [6.07, 6.45) is 0. The molecule has 0 aromatic carbocycles. The van der Waals surface area contributed by atoms with E-state index in [1.807, 2.05) is 16.8 Å². The SMILES string of the molecule is Cn1c(C#Cc2ccsc2)c(Br)c(=O)n(C)c1=O. The van der Waals surface area contributed by atoms with Gasteiger partial charge in [-0.05, 0) is 33.3 Å².